The van der Waals surface area contributed by atoms with Gasteiger partial charge in [0.15, 0.2) is 0 Å². The Morgan fingerprint density at radius 1 is 1.09 bits per heavy atom. The van der Waals surface area contributed by atoms with Crippen LogP contribution in [0.4, 0.5) is 0 Å². The summed E-state index contributed by atoms with van der Waals surface area (Å²) in [6, 6.07) is 17.3. The number of hydrogen-bond acceptors (Lipinski definition) is 5. The highest BCUT2D eigenvalue weighted by molar-refractivity contribution is 5.78. The zero-order valence-corrected chi connectivity index (χ0v) is 19.6. The van der Waals surface area contributed by atoms with Gasteiger partial charge < -0.3 is 14.8 Å². The van der Waals surface area contributed by atoms with Crippen molar-refractivity contribution in [2.75, 3.05) is 46.5 Å². The van der Waals surface area contributed by atoms with Crippen LogP contribution in [0.3, 0.4) is 0 Å². The number of likely N-dealkylation sites (tertiary alicyclic amines) is 1. The standard InChI is InChI=1S/C27H35N3O3/c1-32-25-10-9-21(16-23(25)18-29-12-14-33-15-13-29)17-30-19-24(22-6-3-2-4-7-22)27(20-30)11-5-8-26(31)28-27/h2-4,6-7,9-10,16,24H,5,8,11-15,17-20H2,1H3,(H,28,31)/t24-,27+/m0/s1. The van der Waals surface area contributed by atoms with E-state index in [1.165, 1.54) is 16.7 Å². The van der Waals surface area contributed by atoms with Gasteiger partial charge in [-0.1, -0.05) is 36.4 Å². The second-order valence-electron chi connectivity index (χ2n) is 9.73. The van der Waals surface area contributed by atoms with E-state index in [1.54, 1.807) is 7.11 Å². The first kappa shape index (κ1) is 22.4. The maximum absolute atomic E-state index is 12.4. The van der Waals surface area contributed by atoms with Crippen molar-refractivity contribution < 1.29 is 14.3 Å². The van der Waals surface area contributed by atoms with Gasteiger partial charge in [-0.15, -0.1) is 0 Å². The van der Waals surface area contributed by atoms with Crippen molar-refractivity contribution in [1.29, 1.82) is 0 Å². The fraction of sp³-hybridized carbons (Fsp3) is 0.519. The molecule has 2 atom stereocenters. The zero-order valence-electron chi connectivity index (χ0n) is 19.6. The molecule has 3 aliphatic rings. The Hall–Kier alpha value is -2.41. The van der Waals surface area contributed by atoms with Crippen LogP contribution in [0.2, 0.25) is 0 Å². The Morgan fingerprint density at radius 2 is 1.91 bits per heavy atom. The first-order valence-corrected chi connectivity index (χ1v) is 12.2. The SMILES string of the molecule is COc1ccc(CN2C[C@@H](c3ccccc3)[C@@]3(CCCC(=O)N3)C2)cc1CN1CCOCC1. The van der Waals surface area contributed by atoms with Gasteiger partial charge in [-0.25, -0.2) is 0 Å². The first-order valence-electron chi connectivity index (χ1n) is 12.2. The Bertz CT molecular complexity index is 960. The number of benzene rings is 2. The topological polar surface area (TPSA) is 54.0 Å². The van der Waals surface area contributed by atoms with Crippen molar-refractivity contribution in [3.8, 4) is 5.75 Å². The molecular formula is C27H35N3O3. The molecule has 3 heterocycles. The molecule has 3 aliphatic heterocycles. The number of ether oxygens (including phenoxy) is 2. The molecule has 0 aromatic heterocycles. The average molecular weight is 450 g/mol. The fourth-order valence-corrected chi connectivity index (χ4v) is 5.90. The van der Waals surface area contributed by atoms with E-state index >= 15 is 0 Å². The third-order valence-corrected chi connectivity index (χ3v) is 7.48. The van der Waals surface area contributed by atoms with Crippen LogP contribution in [0.25, 0.3) is 0 Å². The molecule has 6 nitrogen and oxygen atoms in total. The second-order valence-corrected chi connectivity index (χ2v) is 9.73. The van der Waals surface area contributed by atoms with Crippen molar-refractivity contribution in [3.05, 3.63) is 65.2 Å². The molecule has 0 bridgehead atoms. The molecule has 2 aromatic carbocycles. The quantitative estimate of drug-likeness (QED) is 0.734. The van der Waals surface area contributed by atoms with E-state index < -0.39 is 0 Å². The number of amides is 1. The number of carbonyl (C=O) groups is 1. The molecule has 0 unspecified atom stereocenters. The molecule has 5 rings (SSSR count). The Morgan fingerprint density at radius 3 is 2.67 bits per heavy atom. The van der Waals surface area contributed by atoms with Crippen LogP contribution in [0.15, 0.2) is 48.5 Å². The van der Waals surface area contributed by atoms with Crippen molar-refractivity contribution >= 4 is 5.91 Å². The maximum atomic E-state index is 12.4. The number of rotatable bonds is 6. The van der Waals surface area contributed by atoms with Gasteiger partial charge in [0.1, 0.15) is 5.75 Å². The van der Waals surface area contributed by atoms with Crippen molar-refractivity contribution in [1.82, 2.24) is 15.1 Å². The predicted molar refractivity (Wildman–Crippen MR) is 128 cm³/mol. The number of nitrogens with zero attached hydrogens (tertiary/aromatic N) is 2. The molecule has 176 valence electrons. The lowest BCUT2D eigenvalue weighted by Gasteiger charge is -2.39. The third kappa shape index (κ3) is 4.93. The summed E-state index contributed by atoms with van der Waals surface area (Å²) in [6.45, 7) is 7.11. The zero-order chi connectivity index (χ0) is 22.7. The predicted octanol–water partition coefficient (Wildman–Crippen LogP) is 3.17. The van der Waals surface area contributed by atoms with Crippen LogP contribution < -0.4 is 10.1 Å². The number of methoxy groups -OCH3 is 1. The van der Waals surface area contributed by atoms with E-state index in [0.717, 1.165) is 71.1 Å². The Kier molecular flexibility index (Phi) is 6.67. The van der Waals surface area contributed by atoms with E-state index in [-0.39, 0.29) is 11.4 Å². The second kappa shape index (κ2) is 9.84. The molecule has 6 heteroatoms. The highest BCUT2D eigenvalue weighted by Crippen LogP contribution is 2.41. The number of morpholine rings is 1. The van der Waals surface area contributed by atoms with E-state index in [9.17, 15) is 4.79 Å². The lowest BCUT2D eigenvalue weighted by atomic mass is 9.76. The molecule has 1 spiro atoms. The van der Waals surface area contributed by atoms with Crippen molar-refractivity contribution in [2.24, 2.45) is 0 Å². The van der Waals surface area contributed by atoms with Crippen molar-refractivity contribution in [2.45, 2.75) is 43.8 Å². The van der Waals surface area contributed by atoms with Gasteiger partial charge in [-0.2, -0.15) is 0 Å². The van der Waals surface area contributed by atoms with Crippen LogP contribution in [-0.4, -0.2) is 67.7 Å². The molecule has 0 aliphatic carbocycles. The van der Waals surface area contributed by atoms with Gasteiger partial charge in [-0.05, 0) is 36.1 Å². The van der Waals surface area contributed by atoms with Gasteiger partial charge in [0, 0.05) is 57.2 Å². The van der Waals surface area contributed by atoms with E-state index in [2.05, 4.69) is 63.6 Å². The van der Waals surface area contributed by atoms with E-state index in [4.69, 9.17) is 9.47 Å². The summed E-state index contributed by atoms with van der Waals surface area (Å²) in [5, 5.41) is 3.42. The Labute approximate surface area is 196 Å². The number of carbonyl (C=O) groups excluding carboxylic acids is 1. The van der Waals surface area contributed by atoms with Crippen LogP contribution in [-0.2, 0) is 22.6 Å². The summed E-state index contributed by atoms with van der Waals surface area (Å²) < 4.78 is 11.2. The average Bonchev–Trinajstić information content (AvgIpc) is 3.17. The smallest absolute Gasteiger partial charge is 0.220 e. The van der Waals surface area contributed by atoms with Crippen LogP contribution in [0.1, 0.15) is 41.9 Å². The summed E-state index contributed by atoms with van der Waals surface area (Å²) in [6.07, 6.45) is 2.65. The first-order chi connectivity index (χ1) is 16.1. The highest BCUT2D eigenvalue weighted by atomic mass is 16.5. The Balaban J connectivity index is 1.35. The minimum Gasteiger partial charge on any atom is -0.496 e. The lowest BCUT2D eigenvalue weighted by molar-refractivity contribution is -0.125. The summed E-state index contributed by atoms with van der Waals surface area (Å²) in [7, 11) is 1.75. The highest BCUT2D eigenvalue weighted by Gasteiger charge is 2.49. The molecule has 3 saturated heterocycles. The summed E-state index contributed by atoms with van der Waals surface area (Å²) >= 11 is 0. The molecular weight excluding hydrogens is 414 g/mol. The van der Waals surface area contributed by atoms with Crippen LogP contribution in [0.5, 0.6) is 5.75 Å². The molecule has 33 heavy (non-hydrogen) atoms. The van der Waals surface area contributed by atoms with Crippen LogP contribution >= 0.6 is 0 Å². The third-order valence-electron chi connectivity index (χ3n) is 7.48. The molecule has 1 N–H and O–H groups in total. The molecule has 1 amide bonds. The summed E-state index contributed by atoms with van der Waals surface area (Å²) in [4.78, 5) is 17.4. The van der Waals surface area contributed by atoms with Gasteiger partial charge in [0.2, 0.25) is 5.91 Å². The number of hydrogen-bond donors (Lipinski definition) is 1. The molecule has 3 fully saturated rings. The molecule has 0 saturated carbocycles. The maximum Gasteiger partial charge on any atom is 0.220 e. The normalized spacial score (nSPS) is 26.5. The molecule has 2 aromatic rings. The number of piperidine rings is 1. The van der Waals surface area contributed by atoms with Gasteiger partial charge in [0.05, 0.1) is 25.9 Å². The van der Waals surface area contributed by atoms with E-state index in [1.807, 2.05) is 0 Å². The van der Waals surface area contributed by atoms with Gasteiger partial charge in [0.25, 0.3) is 0 Å². The van der Waals surface area contributed by atoms with E-state index in [0.29, 0.717) is 12.3 Å². The summed E-state index contributed by atoms with van der Waals surface area (Å²) in [5.74, 6) is 1.46. The lowest BCUT2D eigenvalue weighted by Crippen LogP contribution is -2.56. The largest absolute Gasteiger partial charge is 0.496 e. The molecule has 0 radical (unpaired) electrons. The van der Waals surface area contributed by atoms with Crippen molar-refractivity contribution in [3.63, 3.8) is 0 Å². The van der Waals surface area contributed by atoms with Gasteiger partial charge in [-0.3, -0.25) is 14.6 Å². The van der Waals surface area contributed by atoms with Gasteiger partial charge >= 0.3 is 0 Å². The monoisotopic (exact) mass is 449 g/mol. The number of nitrogens with one attached hydrogen (secondary N) is 1. The summed E-state index contributed by atoms with van der Waals surface area (Å²) in [5.41, 5.74) is 3.69. The minimum atomic E-state index is -0.167. The fourth-order valence-electron chi connectivity index (χ4n) is 5.90. The minimum absolute atomic E-state index is 0.167. The van der Waals surface area contributed by atoms with Crippen LogP contribution in [0, 0.1) is 0 Å².